The van der Waals surface area contributed by atoms with Gasteiger partial charge in [-0.05, 0) is 25.7 Å². The molecule has 0 unspecified atom stereocenters. The minimum absolute atomic E-state index is 0.0155. The fourth-order valence-electron chi connectivity index (χ4n) is 3.65. The van der Waals surface area contributed by atoms with Gasteiger partial charge in [0.1, 0.15) is 5.82 Å². The number of carbonyl (C=O) groups is 1. The van der Waals surface area contributed by atoms with E-state index in [0.29, 0.717) is 11.7 Å². The fraction of sp³-hybridized carbons (Fsp3) is 0.412. The number of hydrogen-bond donors (Lipinski definition) is 2. The van der Waals surface area contributed by atoms with E-state index in [2.05, 4.69) is 10.2 Å². The van der Waals surface area contributed by atoms with Gasteiger partial charge in [-0.2, -0.15) is 14.7 Å². The number of nitrogens with zero attached hydrogens (tertiary/aromatic N) is 5. The maximum atomic E-state index is 11.4. The number of primary amides is 1. The number of hydrogen-bond acceptors (Lipinski definition) is 5. The Balaban J connectivity index is 1.70. The van der Waals surface area contributed by atoms with Gasteiger partial charge in [0.25, 0.3) is 0 Å². The molecule has 0 aliphatic heterocycles. The van der Waals surface area contributed by atoms with Crippen molar-refractivity contribution < 1.29 is 4.79 Å². The van der Waals surface area contributed by atoms with Gasteiger partial charge in [0.15, 0.2) is 5.65 Å². The number of rotatable bonds is 3. The Kier molecular flexibility index (Phi) is 3.67. The van der Waals surface area contributed by atoms with Gasteiger partial charge in [0, 0.05) is 48.0 Å². The zero-order valence-corrected chi connectivity index (χ0v) is 14.1. The van der Waals surface area contributed by atoms with Crippen LogP contribution in [0.25, 0.3) is 16.8 Å². The van der Waals surface area contributed by atoms with E-state index in [1.807, 2.05) is 19.3 Å². The minimum atomic E-state index is -0.198. The molecular formula is C17H21N7O. The van der Waals surface area contributed by atoms with E-state index in [-0.39, 0.29) is 11.8 Å². The minimum Gasteiger partial charge on any atom is -0.384 e. The van der Waals surface area contributed by atoms with Crippen LogP contribution in [-0.2, 0) is 11.8 Å². The number of aryl methyl sites for hydroxylation is 1. The monoisotopic (exact) mass is 339 g/mol. The third kappa shape index (κ3) is 2.73. The van der Waals surface area contributed by atoms with Gasteiger partial charge < -0.3 is 11.5 Å². The molecule has 0 atom stereocenters. The Bertz CT molecular complexity index is 934. The van der Waals surface area contributed by atoms with Crippen LogP contribution < -0.4 is 11.5 Å². The second-order valence-electron chi connectivity index (χ2n) is 6.75. The van der Waals surface area contributed by atoms with Crippen LogP contribution in [0.5, 0.6) is 0 Å². The highest BCUT2D eigenvalue weighted by Gasteiger charge is 2.27. The van der Waals surface area contributed by atoms with Crippen LogP contribution in [-0.4, -0.2) is 30.3 Å². The Labute approximate surface area is 144 Å². The van der Waals surface area contributed by atoms with Crippen LogP contribution in [0.4, 0.5) is 5.82 Å². The molecule has 1 saturated carbocycles. The summed E-state index contributed by atoms with van der Waals surface area (Å²) in [5.41, 5.74) is 15.2. The lowest BCUT2D eigenvalue weighted by Crippen LogP contribution is -2.27. The van der Waals surface area contributed by atoms with Gasteiger partial charge in [-0.15, -0.1) is 0 Å². The van der Waals surface area contributed by atoms with Crippen molar-refractivity contribution in [1.82, 2.24) is 24.4 Å². The van der Waals surface area contributed by atoms with E-state index >= 15 is 0 Å². The number of nitrogen functional groups attached to an aromatic ring is 1. The average molecular weight is 339 g/mol. The smallest absolute Gasteiger partial charge is 0.220 e. The Hall–Kier alpha value is -2.90. The molecule has 3 aromatic heterocycles. The summed E-state index contributed by atoms with van der Waals surface area (Å²) in [5.74, 6) is 0.640. The molecule has 1 aliphatic carbocycles. The van der Waals surface area contributed by atoms with E-state index in [0.717, 1.165) is 48.2 Å². The van der Waals surface area contributed by atoms with Crippen molar-refractivity contribution >= 4 is 17.4 Å². The summed E-state index contributed by atoms with van der Waals surface area (Å²) in [6.45, 7) is 0. The maximum Gasteiger partial charge on any atom is 0.220 e. The summed E-state index contributed by atoms with van der Waals surface area (Å²) in [5, 5.41) is 8.57. The van der Waals surface area contributed by atoms with Crippen molar-refractivity contribution in [1.29, 1.82) is 0 Å². The first kappa shape index (κ1) is 15.6. The van der Waals surface area contributed by atoms with Crippen molar-refractivity contribution in [3.8, 4) is 11.1 Å². The van der Waals surface area contributed by atoms with Crippen molar-refractivity contribution in [2.24, 2.45) is 18.7 Å². The van der Waals surface area contributed by atoms with Crippen molar-refractivity contribution in [2.45, 2.75) is 31.6 Å². The Morgan fingerprint density at radius 3 is 2.60 bits per heavy atom. The molecule has 0 bridgehead atoms. The molecule has 1 fully saturated rings. The fourth-order valence-corrected chi connectivity index (χ4v) is 3.65. The highest BCUT2D eigenvalue weighted by Crippen LogP contribution is 2.36. The van der Waals surface area contributed by atoms with Crippen LogP contribution in [0.2, 0.25) is 0 Å². The molecule has 130 valence electrons. The third-order valence-corrected chi connectivity index (χ3v) is 5.08. The molecule has 4 rings (SSSR count). The standard InChI is InChI=1S/C17H21N7O/c1-23-9-12(7-20-23)13-8-21-24-15(18)6-14(22-17(13)24)10-2-4-11(5-3-10)16(19)25/h6-11H,2-5,18H2,1H3,(H2,19,25). The predicted octanol–water partition coefficient (Wildman–Crippen LogP) is 1.47. The maximum absolute atomic E-state index is 11.4. The summed E-state index contributed by atoms with van der Waals surface area (Å²) in [6, 6.07) is 1.89. The normalized spacial score (nSPS) is 20.8. The SMILES string of the molecule is Cn1cc(-c2cnn3c(N)cc(C4CCC(C(N)=O)CC4)nc23)cn1. The highest BCUT2D eigenvalue weighted by molar-refractivity contribution is 5.77. The number of carbonyl (C=O) groups excluding carboxylic acids is 1. The molecule has 3 heterocycles. The summed E-state index contributed by atoms with van der Waals surface area (Å²) in [6.07, 6.45) is 8.89. The molecule has 8 heteroatoms. The van der Waals surface area contributed by atoms with Gasteiger partial charge in [-0.25, -0.2) is 4.98 Å². The molecule has 0 radical (unpaired) electrons. The summed E-state index contributed by atoms with van der Waals surface area (Å²) in [4.78, 5) is 16.2. The molecular weight excluding hydrogens is 318 g/mol. The van der Waals surface area contributed by atoms with Crippen LogP contribution in [0.3, 0.4) is 0 Å². The molecule has 0 saturated heterocycles. The number of aromatic nitrogens is 5. The van der Waals surface area contributed by atoms with Crippen LogP contribution in [0.1, 0.15) is 37.3 Å². The van der Waals surface area contributed by atoms with Crippen molar-refractivity contribution in [3.63, 3.8) is 0 Å². The van der Waals surface area contributed by atoms with E-state index in [9.17, 15) is 4.79 Å². The zero-order chi connectivity index (χ0) is 17.6. The van der Waals surface area contributed by atoms with Crippen LogP contribution >= 0.6 is 0 Å². The first-order chi connectivity index (χ1) is 12.0. The highest BCUT2D eigenvalue weighted by atomic mass is 16.1. The topological polar surface area (TPSA) is 117 Å². The van der Waals surface area contributed by atoms with E-state index < -0.39 is 0 Å². The molecule has 4 N–H and O–H groups in total. The van der Waals surface area contributed by atoms with E-state index in [4.69, 9.17) is 16.5 Å². The number of anilines is 1. The van der Waals surface area contributed by atoms with E-state index in [1.54, 1.807) is 21.6 Å². The zero-order valence-electron chi connectivity index (χ0n) is 14.1. The van der Waals surface area contributed by atoms with Gasteiger partial charge in [-0.1, -0.05) is 0 Å². The molecule has 1 aliphatic rings. The molecule has 1 amide bonds. The lowest BCUT2D eigenvalue weighted by molar-refractivity contribution is -0.122. The average Bonchev–Trinajstić information content (AvgIpc) is 3.21. The molecule has 25 heavy (non-hydrogen) atoms. The first-order valence-electron chi connectivity index (χ1n) is 8.45. The van der Waals surface area contributed by atoms with Gasteiger partial charge >= 0.3 is 0 Å². The van der Waals surface area contributed by atoms with Crippen molar-refractivity contribution in [3.05, 3.63) is 30.4 Å². The van der Waals surface area contributed by atoms with E-state index in [1.165, 1.54) is 0 Å². The van der Waals surface area contributed by atoms with Gasteiger partial charge in [0.05, 0.1) is 12.4 Å². The summed E-state index contributed by atoms with van der Waals surface area (Å²) < 4.78 is 3.40. The second kappa shape index (κ2) is 5.87. The summed E-state index contributed by atoms with van der Waals surface area (Å²) >= 11 is 0. The number of nitrogens with two attached hydrogens (primary N) is 2. The quantitative estimate of drug-likeness (QED) is 0.749. The van der Waals surface area contributed by atoms with Crippen LogP contribution in [0.15, 0.2) is 24.7 Å². The molecule has 0 aromatic carbocycles. The largest absolute Gasteiger partial charge is 0.384 e. The van der Waals surface area contributed by atoms with Crippen molar-refractivity contribution in [2.75, 3.05) is 5.73 Å². The number of fused-ring (bicyclic) bond motifs is 1. The lowest BCUT2D eigenvalue weighted by Gasteiger charge is -2.26. The van der Waals surface area contributed by atoms with Gasteiger partial charge in [-0.3, -0.25) is 9.48 Å². The lowest BCUT2D eigenvalue weighted by atomic mass is 9.80. The first-order valence-corrected chi connectivity index (χ1v) is 8.45. The molecule has 8 nitrogen and oxygen atoms in total. The molecule has 3 aromatic rings. The third-order valence-electron chi connectivity index (χ3n) is 5.08. The Morgan fingerprint density at radius 1 is 1.20 bits per heavy atom. The number of amides is 1. The Morgan fingerprint density at radius 2 is 1.96 bits per heavy atom. The summed E-state index contributed by atoms with van der Waals surface area (Å²) in [7, 11) is 1.87. The van der Waals surface area contributed by atoms with Crippen LogP contribution in [0, 0.1) is 5.92 Å². The second-order valence-corrected chi connectivity index (χ2v) is 6.75. The van der Waals surface area contributed by atoms with Gasteiger partial charge in [0.2, 0.25) is 5.91 Å². The predicted molar refractivity (Wildman–Crippen MR) is 93.5 cm³/mol. The molecule has 0 spiro atoms.